The molecule has 15 heteroatoms. The number of halogens is 4. The molecule has 1 aromatic heterocycles. The van der Waals surface area contributed by atoms with Crippen molar-refractivity contribution in [2.24, 2.45) is 0 Å². The van der Waals surface area contributed by atoms with Crippen molar-refractivity contribution in [1.29, 1.82) is 0 Å². The number of likely N-dealkylation sites (tertiary alicyclic amines) is 1. The number of pyridine rings is 1. The summed E-state index contributed by atoms with van der Waals surface area (Å²) >= 11 is 5.91. The molecule has 2 aromatic carbocycles. The van der Waals surface area contributed by atoms with E-state index < -0.39 is 42.1 Å². The first-order valence-electron chi connectivity index (χ1n) is 10.9. The average molecular weight is 570 g/mol. The largest absolute Gasteiger partial charge is 0.490 e. The Morgan fingerprint density at radius 3 is 2.28 bits per heavy atom. The number of hydrogen-bond donors (Lipinski definition) is 4. The monoisotopic (exact) mass is 569 g/mol. The van der Waals surface area contributed by atoms with E-state index in [9.17, 15) is 37.8 Å². The van der Waals surface area contributed by atoms with Gasteiger partial charge in [-0.1, -0.05) is 11.6 Å². The van der Waals surface area contributed by atoms with Crippen LogP contribution < -0.4 is 10.1 Å². The van der Waals surface area contributed by atoms with Gasteiger partial charge in [-0.05, 0) is 48.5 Å². The molecule has 4 N–H and O–H groups in total. The number of rotatable bonds is 4. The molecule has 0 aliphatic carbocycles. The standard InChI is InChI=1S/C22H18ClN3O6.C2HF3O2/c23-12-3-5-14(6-4-12)32-18-8-7-16-15(2-1-9-24-16)19(18)25-20(28)21(29)26-11-13(27)10-17(26)22(30)31;3-2(4,5)1(6)7/h1-9,13,17,27H,10-11H2,(H,25,28)(H,30,31);(H,6,7)/t13?,17-;/m0./s1. The zero-order chi connectivity index (χ0) is 28.9. The fourth-order valence-corrected chi connectivity index (χ4v) is 3.67. The van der Waals surface area contributed by atoms with Gasteiger partial charge in [0.05, 0.1) is 17.3 Å². The number of fused-ring (bicyclic) bond motifs is 1. The summed E-state index contributed by atoms with van der Waals surface area (Å²) in [6.07, 6.45) is -4.65. The lowest BCUT2D eigenvalue weighted by molar-refractivity contribution is -0.192. The first-order valence-corrected chi connectivity index (χ1v) is 11.3. The van der Waals surface area contributed by atoms with Crippen molar-refractivity contribution in [3.8, 4) is 11.5 Å². The van der Waals surface area contributed by atoms with Gasteiger partial charge in [-0.3, -0.25) is 14.6 Å². The zero-order valence-electron chi connectivity index (χ0n) is 19.6. The smallest absolute Gasteiger partial charge is 0.480 e. The topological polar surface area (TPSA) is 166 Å². The number of carboxylic acids is 2. The predicted octanol–water partition coefficient (Wildman–Crippen LogP) is 3.30. The van der Waals surface area contributed by atoms with E-state index in [1.54, 1.807) is 54.7 Å². The molecule has 1 aliphatic rings. The number of carboxylic acid groups (broad SMARTS) is 2. The number of nitrogens with one attached hydrogen (secondary N) is 1. The Morgan fingerprint density at radius 1 is 1.05 bits per heavy atom. The highest BCUT2D eigenvalue weighted by atomic mass is 35.5. The van der Waals surface area contributed by atoms with E-state index in [-0.39, 0.29) is 24.4 Å². The fraction of sp³-hybridized carbons (Fsp3) is 0.208. The van der Waals surface area contributed by atoms with E-state index in [1.807, 2.05) is 0 Å². The van der Waals surface area contributed by atoms with Crippen LogP contribution in [0.1, 0.15) is 6.42 Å². The van der Waals surface area contributed by atoms with Crippen LogP contribution >= 0.6 is 11.6 Å². The molecule has 2 atom stereocenters. The summed E-state index contributed by atoms with van der Waals surface area (Å²) in [5, 5.41) is 29.8. The maximum Gasteiger partial charge on any atom is 0.490 e. The zero-order valence-corrected chi connectivity index (χ0v) is 20.3. The lowest BCUT2D eigenvalue weighted by atomic mass is 10.1. The van der Waals surface area contributed by atoms with Crippen molar-refractivity contribution in [3.63, 3.8) is 0 Å². The number of aromatic nitrogens is 1. The Hall–Kier alpha value is -4.43. The van der Waals surface area contributed by atoms with Crippen molar-refractivity contribution in [2.75, 3.05) is 11.9 Å². The van der Waals surface area contributed by atoms with E-state index in [0.717, 1.165) is 4.90 Å². The minimum Gasteiger partial charge on any atom is -0.480 e. The molecular weight excluding hydrogens is 551 g/mol. The van der Waals surface area contributed by atoms with Gasteiger partial charge in [-0.15, -0.1) is 0 Å². The molecule has 3 aromatic rings. The van der Waals surface area contributed by atoms with E-state index in [2.05, 4.69) is 10.3 Å². The number of β-amino-alcohol motifs (C(OH)–C–C–N with tert-alkyl or cyclic N) is 1. The second-order valence-electron chi connectivity index (χ2n) is 8.02. The summed E-state index contributed by atoms with van der Waals surface area (Å²) in [5.41, 5.74) is 0.759. The number of nitrogens with zero attached hydrogens (tertiary/aromatic N) is 2. The molecule has 0 spiro atoms. The molecule has 0 bridgehead atoms. The quantitative estimate of drug-likeness (QED) is 0.345. The summed E-state index contributed by atoms with van der Waals surface area (Å²) < 4.78 is 37.6. The number of carbonyl (C=O) groups is 4. The van der Waals surface area contributed by atoms with Gasteiger partial charge in [0.15, 0.2) is 5.75 Å². The number of ether oxygens (including phenoxy) is 1. The summed E-state index contributed by atoms with van der Waals surface area (Å²) in [6.45, 7) is -0.242. The van der Waals surface area contributed by atoms with Gasteiger partial charge in [0, 0.05) is 29.6 Å². The van der Waals surface area contributed by atoms with Crippen molar-refractivity contribution >= 4 is 51.9 Å². The summed E-state index contributed by atoms with van der Waals surface area (Å²) in [7, 11) is 0. The number of benzene rings is 2. The maximum absolute atomic E-state index is 12.8. The van der Waals surface area contributed by atoms with Crippen molar-refractivity contribution < 1.29 is 52.4 Å². The number of carbonyl (C=O) groups excluding carboxylic acids is 2. The Labute approximate surface area is 222 Å². The lowest BCUT2D eigenvalue weighted by Gasteiger charge is -2.21. The van der Waals surface area contributed by atoms with Crippen LogP contribution in [0.25, 0.3) is 10.9 Å². The summed E-state index contributed by atoms with van der Waals surface area (Å²) in [6, 6.07) is 12.0. The lowest BCUT2D eigenvalue weighted by Crippen LogP contribution is -2.45. The first-order chi connectivity index (χ1) is 18.3. The minimum atomic E-state index is -5.08. The number of anilines is 1. The molecule has 2 heterocycles. The number of aliphatic carboxylic acids is 2. The molecule has 39 heavy (non-hydrogen) atoms. The highest BCUT2D eigenvalue weighted by Crippen LogP contribution is 2.36. The van der Waals surface area contributed by atoms with Crippen LogP contribution in [-0.2, 0) is 19.2 Å². The van der Waals surface area contributed by atoms with Crippen LogP contribution in [-0.4, -0.2) is 73.8 Å². The Bertz CT molecular complexity index is 1400. The van der Waals surface area contributed by atoms with Gasteiger partial charge in [0.2, 0.25) is 0 Å². The minimum absolute atomic E-state index is 0.141. The van der Waals surface area contributed by atoms with Crippen LogP contribution in [0.2, 0.25) is 5.02 Å². The predicted molar refractivity (Wildman–Crippen MR) is 129 cm³/mol. The highest BCUT2D eigenvalue weighted by Gasteiger charge is 2.41. The number of hydrogen-bond acceptors (Lipinski definition) is 7. The van der Waals surface area contributed by atoms with Crippen molar-refractivity contribution in [1.82, 2.24) is 9.88 Å². The van der Waals surface area contributed by atoms with Gasteiger partial charge in [0.1, 0.15) is 11.8 Å². The second kappa shape index (κ2) is 12.0. The maximum atomic E-state index is 12.8. The van der Waals surface area contributed by atoms with Crippen LogP contribution in [0, 0.1) is 0 Å². The molecule has 1 fully saturated rings. The van der Waals surface area contributed by atoms with Gasteiger partial charge in [-0.25, -0.2) is 9.59 Å². The normalized spacial score (nSPS) is 16.7. The van der Waals surface area contributed by atoms with E-state index >= 15 is 0 Å². The van der Waals surface area contributed by atoms with Gasteiger partial charge < -0.3 is 30.3 Å². The van der Waals surface area contributed by atoms with Crippen molar-refractivity contribution in [3.05, 3.63) is 59.8 Å². The number of aliphatic hydroxyl groups is 1. The molecule has 1 saturated heterocycles. The van der Waals surface area contributed by atoms with Crippen LogP contribution in [0.15, 0.2) is 54.7 Å². The Kier molecular flexibility index (Phi) is 8.93. The molecule has 0 radical (unpaired) electrons. The van der Waals surface area contributed by atoms with Crippen LogP contribution in [0.3, 0.4) is 0 Å². The van der Waals surface area contributed by atoms with E-state index in [1.165, 1.54) is 0 Å². The third-order valence-electron chi connectivity index (χ3n) is 5.29. The molecule has 11 nitrogen and oxygen atoms in total. The SMILES string of the molecule is O=C(Nc1c(Oc2ccc(Cl)cc2)ccc2ncccc12)C(=O)N1CC(O)C[C@H]1C(=O)O.O=C(O)C(F)(F)F. The third kappa shape index (κ3) is 7.33. The summed E-state index contributed by atoms with van der Waals surface area (Å²) in [5.74, 6) is -5.45. The molecule has 4 rings (SSSR count). The van der Waals surface area contributed by atoms with Crippen LogP contribution in [0.4, 0.5) is 18.9 Å². The van der Waals surface area contributed by atoms with Gasteiger partial charge in [0.25, 0.3) is 0 Å². The second-order valence-corrected chi connectivity index (χ2v) is 8.46. The van der Waals surface area contributed by atoms with Crippen molar-refractivity contribution in [2.45, 2.75) is 24.7 Å². The molecule has 206 valence electrons. The van der Waals surface area contributed by atoms with Gasteiger partial charge >= 0.3 is 29.9 Å². The number of alkyl halides is 3. The Balaban J connectivity index is 0.000000532. The molecule has 1 aliphatic heterocycles. The number of aliphatic hydroxyl groups excluding tert-OH is 1. The first kappa shape index (κ1) is 29.1. The average Bonchev–Trinajstić information content (AvgIpc) is 3.28. The molecule has 2 amide bonds. The highest BCUT2D eigenvalue weighted by molar-refractivity contribution is 6.40. The number of amides is 2. The van der Waals surface area contributed by atoms with Gasteiger partial charge in [-0.2, -0.15) is 13.2 Å². The Morgan fingerprint density at radius 2 is 1.69 bits per heavy atom. The van der Waals surface area contributed by atoms with E-state index in [4.69, 9.17) is 26.2 Å². The third-order valence-corrected chi connectivity index (χ3v) is 5.54. The summed E-state index contributed by atoms with van der Waals surface area (Å²) in [4.78, 5) is 50.9. The van der Waals surface area contributed by atoms with Crippen LogP contribution in [0.5, 0.6) is 11.5 Å². The van der Waals surface area contributed by atoms with E-state index in [0.29, 0.717) is 21.7 Å². The molecule has 1 unspecified atom stereocenters. The molecule has 0 saturated carbocycles. The molecular formula is C24H19ClF3N3O8. The fourth-order valence-electron chi connectivity index (χ4n) is 3.55.